The van der Waals surface area contributed by atoms with E-state index in [9.17, 15) is 0 Å². The van der Waals surface area contributed by atoms with Gasteiger partial charge in [0.1, 0.15) is 5.82 Å². The molecule has 0 saturated carbocycles. The number of ether oxygens (including phenoxy) is 2. The molecule has 0 aliphatic carbocycles. The average molecular weight is 360 g/mol. The van der Waals surface area contributed by atoms with E-state index >= 15 is 0 Å². The standard InChI is InChI=1S/C21H20N4O2/c1-26-18-9-8-15(11-19(18)27-2)17-13-24-25-20(22)16(12-23-21(17)25)10-14-6-4-3-5-7-14/h3-9,11-13H,10,22H2,1-2H3. The lowest BCUT2D eigenvalue weighted by Gasteiger charge is -2.10. The van der Waals surface area contributed by atoms with Crippen molar-refractivity contribution in [3.63, 3.8) is 0 Å². The number of hydrogen-bond acceptors (Lipinski definition) is 5. The second-order valence-corrected chi connectivity index (χ2v) is 6.19. The van der Waals surface area contributed by atoms with E-state index in [2.05, 4.69) is 22.2 Å². The number of rotatable bonds is 5. The summed E-state index contributed by atoms with van der Waals surface area (Å²) < 4.78 is 12.4. The van der Waals surface area contributed by atoms with Gasteiger partial charge in [-0.25, -0.2) is 4.98 Å². The summed E-state index contributed by atoms with van der Waals surface area (Å²) in [4.78, 5) is 4.62. The monoisotopic (exact) mass is 360 g/mol. The lowest BCUT2D eigenvalue weighted by Crippen LogP contribution is -2.05. The van der Waals surface area contributed by atoms with Crippen LogP contribution in [0.25, 0.3) is 16.8 Å². The number of methoxy groups -OCH3 is 2. The van der Waals surface area contributed by atoms with Gasteiger partial charge in [0.25, 0.3) is 0 Å². The first-order valence-corrected chi connectivity index (χ1v) is 8.58. The molecule has 4 aromatic rings. The molecule has 2 aromatic carbocycles. The van der Waals surface area contributed by atoms with Gasteiger partial charge in [0.2, 0.25) is 0 Å². The highest BCUT2D eigenvalue weighted by Gasteiger charge is 2.15. The minimum atomic E-state index is 0.593. The van der Waals surface area contributed by atoms with E-state index in [1.54, 1.807) is 24.9 Å². The fourth-order valence-electron chi connectivity index (χ4n) is 3.14. The Kier molecular flexibility index (Phi) is 4.38. The fourth-order valence-corrected chi connectivity index (χ4v) is 3.14. The van der Waals surface area contributed by atoms with Crippen molar-refractivity contribution in [2.24, 2.45) is 0 Å². The Morgan fingerprint density at radius 1 is 0.963 bits per heavy atom. The molecule has 6 heteroatoms. The van der Waals surface area contributed by atoms with Crippen LogP contribution in [0.3, 0.4) is 0 Å². The Morgan fingerprint density at radius 2 is 1.74 bits per heavy atom. The van der Waals surface area contributed by atoms with Crippen LogP contribution in [0.1, 0.15) is 11.1 Å². The second-order valence-electron chi connectivity index (χ2n) is 6.19. The van der Waals surface area contributed by atoms with Gasteiger partial charge >= 0.3 is 0 Å². The van der Waals surface area contributed by atoms with Crippen LogP contribution in [0.15, 0.2) is 60.9 Å². The number of nitrogens with two attached hydrogens (primary N) is 1. The van der Waals surface area contributed by atoms with Gasteiger partial charge in [0.05, 0.1) is 20.4 Å². The van der Waals surface area contributed by atoms with E-state index in [1.165, 1.54) is 5.56 Å². The van der Waals surface area contributed by atoms with E-state index in [1.807, 2.05) is 42.6 Å². The van der Waals surface area contributed by atoms with Crippen LogP contribution in [-0.4, -0.2) is 28.8 Å². The van der Waals surface area contributed by atoms with Gasteiger partial charge in [-0.05, 0) is 23.3 Å². The summed E-state index contributed by atoms with van der Waals surface area (Å²) in [6, 6.07) is 15.9. The minimum Gasteiger partial charge on any atom is -0.493 e. The number of anilines is 1. The first-order chi connectivity index (χ1) is 13.2. The zero-order valence-electron chi connectivity index (χ0n) is 15.2. The topological polar surface area (TPSA) is 74.7 Å². The maximum atomic E-state index is 6.38. The van der Waals surface area contributed by atoms with E-state index in [0.717, 1.165) is 16.7 Å². The molecule has 0 radical (unpaired) electrons. The molecule has 0 saturated heterocycles. The Hall–Kier alpha value is -3.54. The smallest absolute Gasteiger partial charge is 0.165 e. The highest BCUT2D eigenvalue weighted by atomic mass is 16.5. The summed E-state index contributed by atoms with van der Waals surface area (Å²) in [6.45, 7) is 0. The van der Waals surface area contributed by atoms with Crippen LogP contribution in [-0.2, 0) is 6.42 Å². The molecule has 2 N–H and O–H groups in total. The number of fused-ring (bicyclic) bond motifs is 1. The summed E-state index contributed by atoms with van der Waals surface area (Å²) in [7, 11) is 3.23. The van der Waals surface area contributed by atoms with Crippen molar-refractivity contribution in [1.82, 2.24) is 14.6 Å². The van der Waals surface area contributed by atoms with E-state index in [-0.39, 0.29) is 0 Å². The van der Waals surface area contributed by atoms with Crippen LogP contribution in [0.2, 0.25) is 0 Å². The predicted octanol–water partition coefficient (Wildman–Crippen LogP) is 3.59. The van der Waals surface area contributed by atoms with Crippen molar-refractivity contribution >= 4 is 11.5 Å². The second kappa shape index (κ2) is 6.99. The number of nitrogen functional groups attached to an aromatic ring is 1. The maximum absolute atomic E-state index is 6.38. The molecule has 0 amide bonds. The molecule has 0 atom stereocenters. The summed E-state index contributed by atoms with van der Waals surface area (Å²) in [5, 5.41) is 4.45. The lowest BCUT2D eigenvalue weighted by atomic mass is 10.1. The molecule has 0 fully saturated rings. The number of benzene rings is 2. The van der Waals surface area contributed by atoms with Crippen LogP contribution >= 0.6 is 0 Å². The normalized spacial score (nSPS) is 10.9. The van der Waals surface area contributed by atoms with Crippen molar-refractivity contribution < 1.29 is 9.47 Å². The maximum Gasteiger partial charge on any atom is 0.165 e. The van der Waals surface area contributed by atoms with Gasteiger partial charge in [0, 0.05) is 23.7 Å². The molecule has 0 aliphatic rings. The Labute approximate surface area is 157 Å². The number of nitrogens with zero attached hydrogens (tertiary/aromatic N) is 3. The molecule has 2 heterocycles. The molecule has 0 bridgehead atoms. The Bertz CT molecular complexity index is 1090. The summed E-state index contributed by atoms with van der Waals surface area (Å²) in [5.41, 5.74) is 11.0. The summed E-state index contributed by atoms with van der Waals surface area (Å²) in [5.74, 6) is 1.92. The van der Waals surface area contributed by atoms with Gasteiger partial charge in [-0.1, -0.05) is 36.4 Å². The zero-order valence-corrected chi connectivity index (χ0v) is 15.2. The van der Waals surface area contributed by atoms with Crippen LogP contribution in [0.5, 0.6) is 11.5 Å². The third kappa shape index (κ3) is 3.06. The van der Waals surface area contributed by atoms with Crippen LogP contribution in [0.4, 0.5) is 5.82 Å². The van der Waals surface area contributed by atoms with Gasteiger partial charge < -0.3 is 15.2 Å². The van der Waals surface area contributed by atoms with Crippen molar-refractivity contribution in [2.45, 2.75) is 6.42 Å². The molecule has 6 nitrogen and oxygen atoms in total. The zero-order chi connectivity index (χ0) is 18.8. The van der Waals surface area contributed by atoms with Gasteiger partial charge in [0.15, 0.2) is 17.1 Å². The van der Waals surface area contributed by atoms with E-state index < -0.39 is 0 Å². The van der Waals surface area contributed by atoms with Crippen LogP contribution < -0.4 is 15.2 Å². The fraction of sp³-hybridized carbons (Fsp3) is 0.143. The lowest BCUT2D eigenvalue weighted by molar-refractivity contribution is 0.355. The average Bonchev–Trinajstić information content (AvgIpc) is 3.15. The van der Waals surface area contributed by atoms with E-state index in [0.29, 0.717) is 29.4 Å². The molecule has 2 aromatic heterocycles. The molecule has 27 heavy (non-hydrogen) atoms. The highest BCUT2D eigenvalue weighted by molar-refractivity contribution is 5.79. The van der Waals surface area contributed by atoms with Gasteiger partial charge in [-0.2, -0.15) is 9.61 Å². The molecule has 0 spiro atoms. The predicted molar refractivity (Wildman–Crippen MR) is 105 cm³/mol. The Balaban J connectivity index is 1.75. The van der Waals surface area contributed by atoms with E-state index in [4.69, 9.17) is 15.2 Å². The first kappa shape index (κ1) is 16.9. The summed E-state index contributed by atoms with van der Waals surface area (Å²) >= 11 is 0. The van der Waals surface area contributed by atoms with Crippen molar-refractivity contribution in [3.8, 4) is 22.6 Å². The summed E-state index contributed by atoms with van der Waals surface area (Å²) in [6.07, 6.45) is 4.30. The minimum absolute atomic E-state index is 0.593. The number of hydrogen-bond donors (Lipinski definition) is 1. The Morgan fingerprint density at radius 3 is 2.48 bits per heavy atom. The van der Waals surface area contributed by atoms with Crippen LogP contribution in [0, 0.1) is 0 Å². The van der Waals surface area contributed by atoms with Gasteiger partial charge in [-0.15, -0.1) is 0 Å². The van der Waals surface area contributed by atoms with Gasteiger partial charge in [-0.3, -0.25) is 0 Å². The van der Waals surface area contributed by atoms with Crippen molar-refractivity contribution in [1.29, 1.82) is 0 Å². The quantitative estimate of drug-likeness (QED) is 0.589. The molecule has 0 aliphatic heterocycles. The third-order valence-corrected chi connectivity index (χ3v) is 4.58. The molecular weight excluding hydrogens is 340 g/mol. The SMILES string of the molecule is COc1ccc(-c2cnn3c(N)c(Cc4ccccc4)cnc23)cc1OC. The highest BCUT2D eigenvalue weighted by Crippen LogP contribution is 2.34. The van der Waals surface area contributed by atoms with Crippen molar-refractivity contribution in [2.75, 3.05) is 20.0 Å². The largest absolute Gasteiger partial charge is 0.493 e. The van der Waals surface area contributed by atoms with Crippen molar-refractivity contribution in [3.05, 3.63) is 72.1 Å². The first-order valence-electron chi connectivity index (χ1n) is 8.58. The molecule has 4 rings (SSSR count). The molecule has 136 valence electrons. The molecule has 0 unspecified atom stereocenters. The number of aromatic nitrogens is 3. The third-order valence-electron chi connectivity index (χ3n) is 4.58. The molecular formula is C21H20N4O2.